The average Bonchev–Trinajstić information content (AvgIpc) is 3.03. The number of aromatic amines is 1. The summed E-state index contributed by atoms with van der Waals surface area (Å²) in [6.07, 6.45) is 2.58. The Balaban J connectivity index is 2.78. The van der Waals surface area contributed by atoms with Gasteiger partial charge in [0.05, 0.1) is 18.8 Å². The van der Waals surface area contributed by atoms with Gasteiger partial charge in [-0.25, -0.2) is 9.78 Å². The molecule has 0 aliphatic heterocycles. The van der Waals surface area contributed by atoms with Gasteiger partial charge in [-0.3, -0.25) is 14.4 Å². The van der Waals surface area contributed by atoms with E-state index in [1.54, 1.807) is 13.8 Å². The molecule has 3 atom stereocenters. The highest BCUT2D eigenvalue weighted by molar-refractivity contribution is 5.94. The molecule has 8 N–H and O–H groups in total. The van der Waals surface area contributed by atoms with Crippen molar-refractivity contribution < 1.29 is 24.3 Å². The smallest absolute Gasteiger partial charge is 0.326 e. The van der Waals surface area contributed by atoms with E-state index in [-0.39, 0.29) is 6.42 Å². The standard InChI is InChI=1S/C15H24N6O5/c1-7(2)12(15(25)26)21-14(24)10(4-11(17)22)20-13(23)9(16)3-8-5-18-6-19-8/h5-7,9-10,12H,3-4,16H2,1-2H3,(H2,17,22)(H,18,19)(H,20,23)(H,21,24)(H,25,26). The molecule has 0 spiro atoms. The highest BCUT2D eigenvalue weighted by Crippen LogP contribution is 2.04. The number of carbonyl (C=O) groups excluding carboxylic acids is 3. The number of nitrogens with zero attached hydrogens (tertiary/aromatic N) is 1. The van der Waals surface area contributed by atoms with Gasteiger partial charge in [0.15, 0.2) is 0 Å². The first-order chi connectivity index (χ1) is 12.1. The van der Waals surface area contributed by atoms with E-state index >= 15 is 0 Å². The van der Waals surface area contributed by atoms with Gasteiger partial charge in [0.1, 0.15) is 12.1 Å². The number of H-pyrrole nitrogens is 1. The molecule has 0 aromatic carbocycles. The SMILES string of the molecule is CC(C)C(NC(=O)C(CC(N)=O)NC(=O)C(N)Cc1cnc[nH]1)C(=O)O. The van der Waals surface area contributed by atoms with E-state index in [4.69, 9.17) is 16.6 Å². The molecule has 0 aliphatic rings. The van der Waals surface area contributed by atoms with Crippen molar-refractivity contribution in [1.29, 1.82) is 0 Å². The van der Waals surface area contributed by atoms with E-state index in [1.165, 1.54) is 12.5 Å². The fourth-order valence-electron chi connectivity index (χ4n) is 2.18. The number of rotatable bonds is 10. The molecule has 0 saturated heterocycles. The third kappa shape index (κ3) is 6.51. The van der Waals surface area contributed by atoms with Gasteiger partial charge in [-0.15, -0.1) is 0 Å². The largest absolute Gasteiger partial charge is 0.480 e. The first-order valence-electron chi connectivity index (χ1n) is 7.96. The molecule has 3 unspecified atom stereocenters. The molecule has 0 bridgehead atoms. The first kappa shape index (κ1) is 21.1. The van der Waals surface area contributed by atoms with Crippen molar-refractivity contribution in [3.8, 4) is 0 Å². The molecule has 0 aliphatic carbocycles. The number of aliphatic carboxylic acids is 1. The molecule has 1 aromatic heterocycles. The number of aromatic nitrogens is 2. The highest BCUT2D eigenvalue weighted by Gasteiger charge is 2.30. The molecule has 26 heavy (non-hydrogen) atoms. The Bertz CT molecular complexity index is 645. The average molecular weight is 368 g/mol. The number of amides is 3. The molecule has 0 fully saturated rings. The minimum absolute atomic E-state index is 0.139. The molecule has 144 valence electrons. The lowest BCUT2D eigenvalue weighted by molar-refractivity contribution is -0.143. The lowest BCUT2D eigenvalue weighted by atomic mass is 10.0. The van der Waals surface area contributed by atoms with Gasteiger partial charge in [0, 0.05) is 18.3 Å². The molecule has 1 heterocycles. The predicted octanol–water partition coefficient (Wildman–Crippen LogP) is -2.13. The fourth-order valence-corrected chi connectivity index (χ4v) is 2.18. The fraction of sp³-hybridized carbons (Fsp3) is 0.533. The van der Waals surface area contributed by atoms with Gasteiger partial charge < -0.3 is 32.2 Å². The van der Waals surface area contributed by atoms with Crippen molar-refractivity contribution >= 4 is 23.7 Å². The Morgan fingerprint density at radius 3 is 2.35 bits per heavy atom. The van der Waals surface area contributed by atoms with Crippen molar-refractivity contribution in [3.05, 3.63) is 18.2 Å². The van der Waals surface area contributed by atoms with Crippen LogP contribution in [-0.4, -0.2) is 56.9 Å². The second-order valence-electron chi connectivity index (χ2n) is 6.19. The van der Waals surface area contributed by atoms with Crippen LogP contribution in [0.1, 0.15) is 26.0 Å². The molecule has 11 heteroatoms. The Kier molecular flexibility index (Phi) is 7.72. The van der Waals surface area contributed by atoms with Crippen LogP contribution in [0.15, 0.2) is 12.5 Å². The maximum atomic E-state index is 12.3. The third-order valence-electron chi connectivity index (χ3n) is 3.60. The van der Waals surface area contributed by atoms with Gasteiger partial charge in [-0.1, -0.05) is 13.8 Å². The molecule has 1 rings (SSSR count). The quantitative estimate of drug-likeness (QED) is 0.271. The lowest BCUT2D eigenvalue weighted by Crippen LogP contribution is -2.56. The van der Waals surface area contributed by atoms with Crippen LogP contribution in [-0.2, 0) is 25.6 Å². The van der Waals surface area contributed by atoms with Crippen LogP contribution >= 0.6 is 0 Å². The first-order valence-corrected chi connectivity index (χ1v) is 7.96. The zero-order valence-electron chi connectivity index (χ0n) is 14.6. The number of hydrogen-bond acceptors (Lipinski definition) is 6. The minimum Gasteiger partial charge on any atom is -0.480 e. The van der Waals surface area contributed by atoms with E-state index in [0.29, 0.717) is 5.69 Å². The number of primary amides is 1. The van der Waals surface area contributed by atoms with E-state index < -0.39 is 54.2 Å². The van der Waals surface area contributed by atoms with Crippen LogP contribution in [0.2, 0.25) is 0 Å². The maximum absolute atomic E-state index is 12.3. The Hall–Kier alpha value is -2.95. The number of imidazole rings is 1. The second-order valence-corrected chi connectivity index (χ2v) is 6.19. The van der Waals surface area contributed by atoms with Crippen molar-refractivity contribution in [2.24, 2.45) is 17.4 Å². The van der Waals surface area contributed by atoms with Crippen molar-refractivity contribution in [3.63, 3.8) is 0 Å². The molecule has 0 radical (unpaired) electrons. The Morgan fingerprint density at radius 2 is 1.88 bits per heavy atom. The molecule has 1 aromatic rings. The summed E-state index contributed by atoms with van der Waals surface area (Å²) in [5.74, 6) is -3.97. The molecule has 11 nitrogen and oxygen atoms in total. The number of nitrogens with one attached hydrogen (secondary N) is 3. The molecule has 3 amide bonds. The van der Waals surface area contributed by atoms with Gasteiger partial charge in [0.25, 0.3) is 0 Å². The van der Waals surface area contributed by atoms with Crippen molar-refractivity contribution in [2.75, 3.05) is 0 Å². The lowest BCUT2D eigenvalue weighted by Gasteiger charge is -2.23. The van der Waals surface area contributed by atoms with Crippen LogP contribution in [0.4, 0.5) is 0 Å². The van der Waals surface area contributed by atoms with Crippen molar-refractivity contribution in [2.45, 2.75) is 44.8 Å². The van der Waals surface area contributed by atoms with Crippen LogP contribution < -0.4 is 22.1 Å². The number of hydrogen-bond donors (Lipinski definition) is 6. The minimum atomic E-state index is -1.33. The van der Waals surface area contributed by atoms with E-state index in [2.05, 4.69) is 20.6 Å². The van der Waals surface area contributed by atoms with Gasteiger partial charge in [-0.05, 0) is 5.92 Å². The number of carbonyl (C=O) groups is 4. The topological polar surface area (TPSA) is 193 Å². The molecular weight excluding hydrogens is 344 g/mol. The number of nitrogens with two attached hydrogens (primary N) is 2. The normalized spacial score (nSPS) is 14.3. The monoisotopic (exact) mass is 368 g/mol. The van der Waals surface area contributed by atoms with Crippen LogP contribution in [0, 0.1) is 5.92 Å². The summed E-state index contributed by atoms with van der Waals surface area (Å²) in [6, 6.07) is -3.50. The van der Waals surface area contributed by atoms with Crippen LogP contribution in [0.5, 0.6) is 0 Å². The van der Waals surface area contributed by atoms with Crippen molar-refractivity contribution in [1.82, 2.24) is 20.6 Å². The van der Waals surface area contributed by atoms with Gasteiger partial charge >= 0.3 is 5.97 Å². The summed E-state index contributed by atoms with van der Waals surface area (Å²) in [4.78, 5) is 53.5. The number of carboxylic acid groups (broad SMARTS) is 1. The summed E-state index contributed by atoms with van der Waals surface area (Å²) in [6.45, 7) is 3.22. The number of carboxylic acids is 1. The third-order valence-corrected chi connectivity index (χ3v) is 3.60. The highest BCUT2D eigenvalue weighted by atomic mass is 16.4. The van der Waals surface area contributed by atoms with E-state index in [1.807, 2.05) is 0 Å². The van der Waals surface area contributed by atoms with Gasteiger partial charge in [-0.2, -0.15) is 0 Å². The summed E-state index contributed by atoms with van der Waals surface area (Å²) < 4.78 is 0. The summed E-state index contributed by atoms with van der Waals surface area (Å²) in [5.41, 5.74) is 11.5. The second kappa shape index (κ2) is 9.51. The molecular formula is C15H24N6O5. The maximum Gasteiger partial charge on any atom is 0.326 e. The van der Waals surface area contributed by atoms with Gasteiger partial charge in [0.2, 0.25) is 17.7 Å². The zero-order valence-corrected chi connectivity index (χ0v) is 14.6. The predicted molar refractivity (Wildman–Crippen MR) is 90.4 cm³/mol. The summed E-state index contributed by atoms with van der Waals surface area (Å²) in [5, 5.41) is 13.8. The van der Waals surface area contributed by atoms with Crippen LogP contribution in [0.3, 0.4) is 0 Å². The van der Waals surface area contributed by atoms with Crippen LogP contribution in [0.25, 0.3) is 0 Å². The Labute approximate surface area is 149 Å². The molecule has 0 saturated carbocycles. The van der Waals surface area contributed by atoms with E-state index in [0.717, 1.165) is 0 Å². The summed E-state index contributed by atoms with van der Waals surface area (Å²) >= 11 is 0. The summed E-state index contributed by atoms with van der Waals surface area (Å²) in [7, 11) is 0. The zero-order chi connectivity index (χ0) is 19.9. The Morgan fingerprint density at radius 1 is 1.23 bits per heavy atom. The van der Waals surface area contributed by atoms with E-state index in [9.17, 15) is 19.2 Å².